The van der Waals surface area contributed by atoms with Crippen molar-refractivity contribution < 1.29 is 17.9 Å². The fourth-order valence-corrected chi connectivity index (χ4v) is 3.59. The summed E-state index contributed by atoms with van der Waals surface area (Å²) in [6.07, 6.45) is 1.17. The molecule has 0 bridgehead atoms. The van der Waals surface area contributed by atoms with E-state index in [4.69, 9.17) is 4.74 Å². The summed E-state index contributed by atoms with van der Waals surface area (Å²) in [7, 11) is -1.94. The monoisotopic (exact) mass is 376 g/mol. The molecule has 7 heteroatoms. The number of carbonyl (C=O) groups excluding carboxylic acids is 1. The maximum atomic E-state index is 12.3. The zero-order chi connectivity index (χ0) is 19.3. The molecule has 26 heavy (non-hydrogen) atoms. The molecule has 0 aliphatic rings. The van der Waals surface area contributed by atoms with Gasteiger partial charge >= 0.3 is 0 Å². The Kier molecular flexibility index (Phi) is 6.26. The standard InChI is InChI=1S/C19H24N2O4S/c1-14-7-5-10-18(15(14)2)21(26(4,23)24)12-11-20-19(22)16-8-6-9-17(13-16)25-3/h5-10,13H,11-12H2,1-4H3,(H,20,22). The molecule has 0 radical (unpaired) electrons. The molecule has 0 saturated heterocycles. The van der Waals surface area contributed by atoms with Gasteiger partial charge in [-0.1, -0.05) is 18.2 Å². The summed E-state index contributed by atoms with van der Waals surface area (Å²) in [4.78, 5) is 12.3. The Morgan fingerprint density at radius 3 is 2.50 bits per heavy atom. The first-order chi connectivity index (χ1) is 12.2. The highest BCUT2D eigenvalue weighted by Gasteiger charge is 2.20. The summed E-state index contributed by atoms with van der Waals surface area (Å²) >= 11 is 0. The Bertz CT molecular complexity index is 894. The van der Waals surface area contributed by atoms with Gasteiger partial charge < -0.3 is 10.1 Å². The van der Waals surface area contributed by atoms with Crippen LogP contribution in [0.4, 0.5) is 5.69 Å². The minimum absolute atomic E-state index is 0.152. The third kappa shape index (κ3) is 4.76. The van der Waals surface area contributed by atoms with Crippen LogP contribution in [0.15, 0.2) is 42.5 Å². The van der Waals surface area contributed by atoms with E-state index >= 15 is 0 Å². The summed E-state index contributed by atoms with van der Waals surface area (Å²) in [5.41, 5.74) is 3.00. The number of amides is 1. The smallest absolute Gasteiger partial charge is 0.251 e. The maximum absolute atomic E-state index is 12.3. The van der Waals surface area contributed by atoms with Crippen LogP contribution in [0.3, 0.4) is 0 Å². The molecule has 0 fully saturated rings. The summed E-state index contributed by atoms with van der Waals surface area (Å²) < 4.78 is 30.9. The topological polar surface area (TPSA) is 75.7 Å². The van der Waals surface area contributed by atoms with E-state index < -0.39 is 10.0 Å². The van der Waals surface area contributed by atoms with Crippen LogP contribution < -0.4 is 14.4 Å². The summed E-state index contributed by atoms with van der Waals surface area (Å²) in [5, 5.41) is 2.76. The number of carbonyl (C=O) groups is 1. The Morgan fingerprint density at radius 2 is 1.85 bits per heavy atom. The molecular formula is C19H24N2O4S. The van der Waals surface area contributed by atoms with Crippen LogP contribution in [-0.2, 0) is 10.0 Å². The fraction of sp³-hybridized carbons (Fsp3) is 0.316. The SMILES string of the molecule is COc1cccc(C(=O)NCCN(c2cccc(C)c2C)S(C)(=O)=O)c1. The van der Waals surface area contributed by atoms with Gasteiger partial charge in [-0.2, -0.15) is 0 Å². The number of hydrogen-bond donors (Lipinski definition) is 1. The number of benzene rings is 2. The average Bonchev–Trinajstić information content (AvgIpc) is 2.60. The minimum Gasteiger partial charge on any atom is -0.497 e. The minimum atomic E-state index is -3.47. The zero-order valence-electron chi connectivity index (χ0n) is 15.4. The van der Waals surface area contributed by atoms with E-state index in [-0.39, 0.29) is 19.0 Å². The molecule has 6 nitrogen and oxygen atoms in total. The molecule has 2 rings (SSSR count). The number of hydrogen-bond acceptors (Lipinski definition) is 4. The number of rotatable bonds is 7. The molecule has 1 amide bonds. The van der Waals surface area contributed by atoms with Crippen molar-refractivity contribution in [3.05, 3.63) is 59.2 Å². The second-order valence-corrected chi connectivity index (χ2v) is 7.95. The number of ether oxygens (including phenoxy) is 1. The van der Waals surface area contributed by atoms with Gasteiger partial charge in [0.1, 0.15) is 5.75 Å². The van der Waals surface area contributed by atoms with E-state index in [2.05, 4.69) is 5.32 Å². The van der Waals surface area contributed by atoms with E-state index in [1.807, 2.05) is 26.0 Å². The zero-order valence-corrected chi connectivity index (χ0v) is 16.3. The van der Waals surface area contributed by atoms with Gasteiger partial charge in [-0.15, -0.1) is 0 Å². The third-order valence-corrected chi connectivity index (χ3v) is 5.36. The largest absolute Gasteiger partial charge is 0.497 e. The second-order valence-electron chi connectivity index (χ2n) is 6.04. The quantitative estimate of drug-likeness (QED) is 0.806. The van der Waals surface area contributed by atoms with Crippen molar-refractivity contribution in [2.24, 2.45) is 0 Å². The number of aryl methyl sites for hydroxylation is 1. The first-order valence-corrected chi connectivity index (χ1v) is 10.0. The molecule has 0 heterocycles. The molecule has 0 aliphatic heterocycles. The van der Waals surface area contributed by atoms with E-state index in [1.165, 1.54) is 17.7 Å². The maximum Gasteiger partial charge on any atom is 0.251 e. The first-order valence-electron chi connectivity index (χ1n) is 8.20. The molecular weight excluding hydrogens is 352 g/mol. The van der Waals surface area contributed by atoms with Crippen molar-refractivity contribution in [1.29, 1.82) is 0 Å². The van der Waals surface area contributed by atoms with Gasteiger partial charge in [0.25, 0.3) is 5.91 Å². The van der Waals surface area contributed by atoms with Gasteiger partial charge in [0.05, 0.1) is 25.6 Å². The summed E-state index contributed by atoms with van der Waals surface area (Å²) in [6, 6.07) is 12.3. The lowest BCUT2D eigenvalue weighted by atomic mass is 10.1. The van der Waals surface area contributed by atoms with Crippen molar-refractivity contribution in [3.8, 4) is 5.75 Å². The molecule has 2 aromatic carbocycles. The first kappa shape index (κ1) is 19.8. The number of nitrogens with one attached hydrogen (secondary N) is 1. The van der Waals surface area contributed by atoms with Crippen LogP contribution in [0.5, 0.6) is 5.75 Å². The van der Waals surface area contributed by atoms with E-state index in [0.29, 0.717) is 17.0 Å². The van der Waals surface area contributed by atoms with Crippen molar-refractivity contribution in [1.82, 2.24) is 5.32 Å². The molecule has 0 atom stereocenters. The number of anilines is 1. The van der Waals surface area contributed by atoms with E-state index in [1.54, 1.807) is 30.3 Å². The average molecular weight is 376 g/mol. The lowest BCUT2D eigenvalue weighted by Crippen LogP contribution is -2.38. The molecule has 0 spiro atoms. The highest BCUT2D eigenvalue weighted by molar-refractivity contribution is 7.92. The number of methoxy groups -OCH3 is 1. The third-order valence-electron chi connectivity index (χ3n) is 4.18. The van der Waals surface area contributed by atoms with Gasteiger partial charge in [-0.3, -0.25) is 9.10 Å². The summed E-state index contributed by atoms with van der Waals surface area (Å²) in [6.45, 7) is 4.16. The molecule has 1 N–H and O–H groups in total. The van der Waals surface area contributed by atoms with Gasteiger partial charge in [-0.25, -0.2) is 8.42 Å². The highest BCUT2D eigenvalue weighted by Crippen LogP contribution is 2.24. The Balaban J connectivity index is 2.11. The molecule has 140 valence electrons. The molecule has 0 unspecified atom stereocenters. The number of sulfonamides is 1. The Labute approximate surface area is 154 Å². The van der Waals surface area contributed by atoms with Crippen molar-refractivity contribution in [3.63, 3.8) is 0 Å². The Morgan fingerprint density at radius 1 is 1.15 bits per heavy atom. The van der Waals surface area contributed by atoms with Crippen LogP contribution in [0.2, 0.25) is 0 Å². The Hall–Kier alpha value is -2.54. The van der Waals surface area contributed by atoms with E-state index in [0.717, 1.165) is 11.1 Å². The predicted molar refractivity (Wildman–Crippen MR) is 103 cm³/mol. The normalized spacial score (nSPS) is 11.1. The van der Waals surface area contributed by atoms with E-state index in [9.17, 15) is 13.2 Å². The van der Waals surface area contributed by atoms with Crippen molar-refractivity contribution in [2.45, 2.75) is 13.8 Å². The van der Waals surface area contributed by atoms with Crippen LogP contribution in [0.1, 0.15) is 21.5 Å². The molecule has 0 aliphatic carbocycles. The second kappa shape index (κ2) is 8.23. The van der Waals surface area contributed by atoms with Crippen LogP contribution >= 0.6 is 0 Å². The lowest BCUT2D eigenvalue weighted by Gasteiger charge is -2.25. The molecule has 0 saturated carbocycles. The molecule has 2 aromatic rings. The van der Waals surface area contributed by atoms with Gasteiger partial charge in [0, 0.05) is 12.1 Å². The van der Waals surface area contributed by atoms with Gasteiger partial charge in [-0.05, 0) is 49.2 Å². The van der Waals surface area contributed by atoms with Gasteiger partial charge in [0.2, 0.25) is 10.0 Å². The summed E-state index contributed by atoms with van der Waals surface area (Å²) in [5.74, 6) is 0.309. The van der Waals surface area contributed by atoms with Crippen LogP contribution in [-0.4, -0.2) is 40.8 Å². The highest BCUT2D eigenvalue weighted by atomic mass is 32.2. The van der Waals surface area contributed by atoms with Gasteiger partial charge in [0.15, 0.2) is 0 Å². The lowest BCUT2D eigenvalue weighted by molar-refractivity contribution is 0.0954. The fourth-order valence-electron chi connectivity index (χ4n) is 2.61. The predicted octanol–water partition coefficient (Wildman–Crippen LogP) is 2.51. The van der Waals surface area contributed by atoms with Crippen molar-refractivity contribution in [2.75, 3.05) is 30.8 Å². The van der Waals surface area contributed by atoms with Crippen LogP contribution in [0, 0.1) is 13.8 Å². The van der Waals surface area contributed by atoms with Crippen LogP contribution in [0.25, 0.3) is 0 Å². The number of nitrogens with zero attached hydrogens (tertiary/aromatic N) is 1. The van der Waals surface area contributed by atoms with Crippen molar-refractivity contribution >= 4 is 21.6 Å². The molecule has 0 aromatic heterocycles.